The molecule has 1 atom stereocenters. The first-order valence-electron chi connectivity index (χ1n) is 11.4. The normalized spacial score (nSPS) is 24.1. The van der Waals surface area contributed by atoms with Gasteiger partial charge in [-0.1, -0.05) is 23.7 Å². The van der Waals surface area contributed by atoms with Gasteiger partial charge in [0.15, 0.2) is 9.84 Å². The van der Waals surface area contributed by atoms with E-state index in [0.717, 1.165) is 18.4 Å². The fourth-order valence-corrected chi connectivity index (χ4v) is 6.30. The summed E-state index contributed by atoms with van der Waals surface area (Å²) in [6.07, 6.45) is 2.58. The minimum atomic E-state index is -3.81. The lowest BCUT2D eigenvalue weighted by Crippen LogP contribution is -2.45. The number of benzene rings is 2. The van der Waals surface area contributed by atoms with Crippen LogP contribution in [0.3, 0.4) is 0 Å². The maximum absolute atomic E-state index is 13.2. The van der Waals surface area contributed by atoms with Gasteiger partial charge in [0.05, 0.1) is 35.0 Å². The minimum Gasteiger partial charge on any atom is -0.420 e. The molecule has 1 aliphatic heterocycles. The molecule has 0 unspecified atom stereocenters. The zero-order chi connectivity index (χ0) is 24.7. The summed E-state index contributed by atoms with van der Waals surface area (Å²) in [4.78, 5) is 14.6. The van der Waals surface area contributed by atoms with Crippen molar-refractivity contribution in [3.8, 4) is 11.5 Å². The van der Waals surface area contributed by atoms with Crippen LogP contribution in [0.25, 0.3) is 11.5 Å². The SMILES string of the molecule is N[C@H]1CS(=O)(=O)c2ccc(-c3nnc(C4CCC(O)CC4)o3)cc2N(Cc2ccc(Cl)cc2)C1=O. The number of sulfone groups is 1. The lowest BCUT2D eigenvalue weighted by atomic mass is 9.87. The third-order valence-electron chi connectivity index (χ3n) is 6.55. The average molecular weight is 517 g/mol. The van der Waals surface area contributed by atoms with E-state index >= 15 is 0 Å². The number of anilines is 1. The lowest BCUT2D eigenvalue weighted by Gasteiger charge is -2.24. The van der Waals surface area contributed by atoms with Gasteiger partial charge in [-0.3, -0.25) is 4.79 Å². The molecule has 184 valence electrons. The van der Waals surface area contributed by atoms with Crippen molar-refractivity contribution in [1.82, 2.24) is 10.2 Å². The van der Waals surface area contributed by atoms with Crippen LogP contribution in [0.4, 0.5) is 5.69 Å². The van der Waals surface area contributed by atoms with Crippen LogP contribution in [0, 0.1) is 0 Å². The van der Waals surface area contributed by atoms with Crippen molar-refractivity contribution in [1.29, 1.82) is 0 Å². The number of nitrogens with two attached hydrogens (primary N) is 1. The Labute approximate surface area is 207 Å². The van der Waals surface area contributed by atoms with Crippen LogP contribution in [0.15, 0.2) is 51.8 Å². The van der Waals surface area contributed by atoms with Gasteiger partial charge in [0, 0.05) is 16.5 Å². The summed E-state index contributed by atoms with van der Waals surface area (Å²) in [5.74, 6) is -0.175. The van der Waals surface area contributed by atoms with E-state index < -0.39 is 27.5 Å². The first-order chi connectivity index (χ1) is 16.7. The van der Waals surface area contributed by atoms with E-state index in [1.165, 1.54) is 11.0 Å². The van der Waals surface area contributed by atoms with Crippen LogP contribution in [0.1, 0.15) is 43.1 Å². The standard InChI is InChI=1S/C24H25ClN4O5S/c25-17-6-1-14(2-7-17)12-29-20-11-16(5-10-21(20)35(32,33)13-19(26)24(29)31)23-28-27-22(34-23)15-3-8-18(30)9-4-15/h1-2,5-7,10-11,15,18-19,30H,3-4,8-9,12-13,26H2/t15?,18?,19-/m0/s1. The molecule has 0 saturated heterocycles. The van der Waals surface area contributed by atoms with E-state index in [1.54, 1.807) is 36.4 Å². The maximum Gasteiger partial charge on any atom is 0.247 e. The van der Waals surface area contributed by atoms with Gasteiger partial charge >= 0.3 is 0 Å². The molecular weight excluding hydrogens is 492 g/mol. The molecule has 3 N–H and O–H groups in total. The van der Waals surface area contributed by atoms with Crippen LogP contribution in [-0.2, 0) is 21.2 Å². The molecule has 1 amide bonds. The van der Waals surface area contributed by atoms with Gasteiger partial charge in [-0.05, 0) is 61.6 Å². The molecule has 0 spiro atoms. The average Bonchev–Trinajstić information content (AvgIpc) is 3.31. The van der Waals surface area contributed by atoms with Gasteiger partial charge in [0.25, 0.3) is 0 Å². The summed E-state index contributed by atoms with van der Waals surface area (Å²) in [6, 6.07) is 10.4. The molecule has 1 fully saturated rings. The molecule has 3 aromatic rings. The van der Waals surface area contributed by atoms with Crippen LogP contribution in [0.5, 0.6) is 0 Å². The van der Waals surface area contributed by atoms with Crippen LogP contribution in [0.2, 0.25) is 5.02 Å². The number of rotatable bonds is 4. The number of halogens is 1. The zero-order valence-electron chi connectivity index (χ0n) is 18.8. The van der Waals surface area contributed by atoms with E-state index in [2.05, 4.69) is 10.2 Å². The lowest BCUT2D eigenvalue weighted by molar-refractivity contribution is -0.119. The van der Waals surface area contributed by atoms with E-state index in [9.17, 15) is 18.3 Å². The first-order valence-corrected chi connectivity index (χ1v) is 13.4. The molecule has 2 aromatic carbocycles. The van der Waals surface area contributed by atoms with Crippen molar-refractivity contribution < 1.29 is 22.7 Å². The van der Waals surface area contributed by atoms with E-state index in [0.29, 0.717) is 29.3 Å². The molecule has 2 aliphatic rings. The van der Waals surface area contributed by atoms with Crippen LogP contribution in [-0.4, -0.2) is 47.5 Å². The molecule has 5 rings (SSSR count). The minimum absolute atomic E-state index is 0.0255. The summed E-state index contributed by atoms with van der Waals surface area (Å²) in [6.45, 7) is 0.120. The number of carbonyl (C=O) groups is 1. The van der Waals surface area contributed by atoms with E-state index in [1.807, 2.05) is 0 Å². The van der Waals surface area contributed by atoms with Crippen molar-refractivity contribution in [2.45, 2.75) is 55.2 Å². The summed E-state index contributed by atoms with van der Waals surface area (Å²) in [7, 11) is -3.81. The Morgan fingerprint density at radius 1 is 1.09 bits per heavy atom. The summed E-state index contributed by atoms with van der Waals surface area (Å²) in [5, 5.41) is 18.7. The predicted octanol–water partition coefficient (Wildman–Crippen LogP) is 3.06. The highest BCUT2D eigenvalue weighted by molar-refractivity contribution is 7.91. The number of aliphatic hydroxyl groups is 1. The molecule has 2 heterocycles. The fraction of sp³-hybridized carbons (Fsp3) is 0.375. The smallest absolute Gasteiger partial charge is 0.247 e. The van der Waals surface area contributed by atoms with Crippen molar-refractivity contribution in [2.24, 2.45) is 5.73 Å². The number of hydrogen-bond acceptors (Lipinski definition) is 8. The first kappa shape index (κ1) is 23.9. The number of hydrogen-bond donors (Lipinski definition) is 2. The Balaban J connectivity index is 1.54. The van der Waals surface area contributed by atoms with Crippen molar-refractivity contribution >= 4 is 33.0 Å². The Hall–Kier alpha value is -2.79. The largest absolute Gasteiger partial charge is 0.420 e. The zero-order valence-corrected chi connectivity index (χ0v) is 20.4. The molecule has 1 aromatic heterocycles. The van der Waals surface area contributed by atoms with Crippen molar-refractivity contribution in [3.63, 3.8) is 0 Å². The van der Waals surface area contributed by atoms with Gasteiger partial charge in [0.2, 0.25) is 17.7 Å². The topological polar surface area (TPSA) is 140 Å². The Kier molecular flexibility index (Phi) is 6.39. The molecule has 0 radical (unpaired) electrons. The van der Waals surface area contributed by atoms with Gasteiger partial charge < -0.3 is 20.2 Å². The maximum atomic E-state index is 13.2. The second-order valence-corrected chi connectivity index (χ2v) is 11.5. The number of carbonyl (C=O) groups excluding carboxylic acids is 1. The molecule has 1 aliphatic carbocycles. The number of amides is 1. The molecule has 1 saturated carbocycles. The number of nitrogens with zero attached hydrogens (tertiary/aromatic N) is 3. The quantitative estimate of drug-likeness (QED) is 0.539. The highest BCUT2D eigenvalue weighted by Crippen LogP contribution is 2.37. The number of fused-ring (bicyclic) bond motifs is 1. The second-order valence-electron chi connectivity index (χ2n) is 9.07. The Morgan fingerprint density at radius 3 is 2.51 bits per heavy atom. The molecule has 0 bridgehead atoms. The second kappa shape index (κ2) is 9.34. The summed E-state index contributed by atoms with van der Waals surface area (Å²) < 4.78 is 32.0. The van der Waals surface area contributed by atoms with Gasteiger partial charge in [-0.2, -0.15) is 0 Å². The fourth-order valence-electron chi connectivity index (χ4n) is 4.62. The molecule has 9 nitrogen and oxygen atoms in total. The molecule has 35 heavy (non-hydrogen) atoms. The summed E-state index contributed by atoms with van der Waals surface area (Å²) in [5.41, 5.74) is 7.48. The highest BCUT2D eigenvalue weighted by Gasteiger charge is 2.36. The third-order valence-corrected chi connectivity index (χ3v) is 8.62. The third kappa shape index (κ3) is 4.84. The van der Waals surface area contributed by atoms with Crippen molar-refractivity contribution in [2.75, 3.05) is 10.7 Å². The predicted molar refractivity (Wildman–Crippen MR) is 130 cm³/mol. The Bertz CT molecular complexity index is 1350. The molecular formula is C24H25ClN4O5S. The van der Waals surface area contributed by atoms with Gasteiger partial charge in [-0.15, -0.1) is 10.2 Å². The number of aliphatic hydroxyl groups excluding tert-OH is 1. The van der Waals surface area contributed by atoms with Crippen LogP contribution >= 0.6 is 11.6 Å². The highest BCUT2D eigenvalue weighted by atomic mass is 35.5. The van der Waals surface area contributed by atoms with Crippen LogP contribution < -0.4 is 10.6 Å². The van der Waals surface area contributed by atoms with E-state index in [4.69, 9.17) is 21.8 Å². The Morgan fingerprint density at radius 2 is 1.80 bits per heavy atom. The summed E-state index contributed by atoms with van der Waals surface area (Å²) >= 11 is 5.99. The van der Waals surface area contributed by atoms with Gasteiger partial charge in [-0.25, -0.2) is 8.42 Å². The monoisotopic (exact) mass is 516 g/mol. The van der Waals surface area contributed by atoms with Gasteiger partial charge in [0.1, 0.15) is 0 Å². The van der Waals surface area contributed by atoms with Crippen molar-refractivity contribution in [3.05, 3.63) is 58.9 Å². The number of aromatic nitrogens is 2. The van der Waals surface area contributed by atoms with E-state index in [-0.39, 0.29) is 35.0 Å². The molecule has 11 heteroatoms.